The van der Waals surface area contributed by atoms with E-state index in [1.165, 1.54) is 11.3 Å². The summed E-state index contributed by atoms with van der Waals surface area (Å²) in [4.78, 5) is 18.6. The Hall–Kier alpha value is -6.75. The minimum atomic E-state index is -1.55. The summed E-state index contributed by atoms with van der Waals surface area (Å²) in [7, 11) is -1.55. The Morgan fingerprint density at radius 2 is 0.915 bits per heavy atom. The zero-order chi connectivity index (χ0) is 39.8. The molecule has 59 heavy (non-hydrogen) atoms. The second-order valence-electron chi connectivity index (χ2n) is 13.6. The number of nitrogens with zero attached hydrogens (tertiary/aromatic N) is 9. The van der Waals surface area contributed by atoms with Gasteiger partial charge in [-0.25, -0.2) is 25.1 Å². The van der Waals surface area contributed by atoms with E-state index in [2.05, 4.69) is 109 Å². The number of para-hydroxylation sites is 1. The van der Waals surface area contributed by atoms with Gasteiger partial charge < -0.3 is 23.3 Å². The van der Waals surface area contributed by atoms with Crippen LogP contribution in [0.15, 0.2) is 179 Å². The molecule has 5 aromatic carbocycles. The van der Waals surface area contributed by atoms with Gasteiger partial charge in [0.05, 0.1) is 27.3 Å². The number of hydrogen-bond acceptors (Lipinski definition) is 8. The van der Waals surface area contributed by atoms with Crippen molar-refractivity contribution in [3.8, 4) is 44.6 Å². The van der Waals surface area contributed by atoms with Crippen LogP contribution < -0.4 is 10.7 Å². The summed E-state index contributed by atoms with van der Waals surface area (Å²) in [5.41, 5.74) is 10.1. The Labute approximate surface area is 357 Å². The van der Waals surface area contributed by atoms with Crippen molar-refractivity contribution in [2.45, 2.75) is 20.8 Å². The number of hydrogen-bond donors (Lipinski definition) is 0. The van der Waals surface area contributed by atoms with E-state index < -0.39 is 12.9 Å². The Bertz CT molecular complexity index is 2670. The van der Waals surface area contributed by atoms with Gasteiger partial charge in [0.1, 0.15) is 5.01 Å². The average Bonchev–Trinajstić information content (AvgIpc) is 4.13. The Balaban J connectivity index is 0.000000196. The molecule has 0 aliphatic carbocycles. The van der Waals surface area contributed by atoms with E-state index in [1.54, 1.807) is 0 Å². The summed E-state index contributed by atoms with van der Waals surface area (Å²) in [6.07, 6.45) is 0. The van der Waals surface area contributed by atoms with Crippen LogP contribution in [0.5, 0.6) is 0 Å². The molecule has 14 heteroatoms. The molecule has 5 heterocycles. The van der Waals surface area contributed by atoms with Gasteiger partial charge in [-0.3, -0.25) is 5.16 Å². The third kappa shape index (κ3) is 9.36. The van der Waals surface area contributed by atoms with Crippen LogP contribution in [0, 0.1) is 20.8 Å². The first-order valence-electron chi connectivity index (χ1n) is 18.8. The van der Waals surface area contributed by atoms with Crippen molar-refractivity contribution in [3.63, 3.8) is 0 Å². The molecule has 11 nitrogen and oxygen atoms in total. The maximum Gasteiger partial charge on any atom is 2.00 e. The monoisotopic (exact) mass is 843 g/mol. The first-order chi connectivity index (χ1) is 28.4. The molecule has 0 bridgehead atoms. The zero-order valence-corrected chi connectivity index (χ0v) is 36.6. The molecule has 0 aliphatic heterocycles. The predicted molar refractivity (Wildman–Crippen MR) is 232 cm³/mol. The smallest absolute Gasteiger partial charge is 0.422 e. The molecule has 0 saturated carbocycles. The zero-order valence-electron chi connectivity index (χ0n) is 32.8. The third-order valence-electron chi connectivity index (χ3n) is 9.52. The molecule has 0 spiro atoms. The van der Waals surface area contributed by atoms with E-state index in [0.717, 1.165) is 61.1 Å². The van der Waals surface area contributed by atoms with Crippen LogP contribution >= 0.6 is 11.3 Å². The maximum absolute atomic E-state index is 10.7. The van der Waals surface area contributed by atoms with E-state index in [-0.39, 0.29) is 25.3 Å². The van der Waals surface area contributed by atoms with Crippen LogP contribution in [0.25, 0.3) is 54.8 Å². The number of benzene rings is 5. The first-order valence-corrected chi connectivity index (χ1v) is 19.6. The Morgan fingerprint density at radius 3 is 1.29 bits per heavy atom. The van der Waals surface area contributed by atoms with Gasteiger partial charge in [-0.05, 0) is 68.2 Å². The molecule has 10 aromatic rings. The first kappa shape index (κ1) is 40.4. The Kier molecular flexibility index (Phi) is 12.8. The van der Waals surface area contributed by atoms with Crippen LogP contribution in [0.2, 0.25) is 0 Å². The standard InChI is InChI=1S/C30H28BN6.C9H5N3O2S.C6H6.Zn/c1-22-19-28(25-13-7-4-8-14-25)32-35(22)31(36-23(2)20-29(33-36)26-15-9-5-10-16-26)37-24(3)21-30(34-37)27-17-11-6-12-18-27;13-9-11-7(12-14-9)8-10-5-3-1-2-4-6(5)15-8;1-2-4-6-5-3-1;/h4-21,31H,1-3H3;1-4H,(H,11,12,13);1-6H;/q-1;;;+2/p-1. The SMILES string of the molecule is Cc1cc(-c2ccccc2)nn1[BH-](n1nc(-c2ccccc2)cc1C)n1nc(-c2ccccc2)cc1C.O=c1[n-]c(-c2nc3ccccc3s2)no1.[Zn+2].c1ccccc1. The van der Waals surface area contributed by atoms with Gasteiger partial charge in [-0.1, -0.05) is 140 Å². The van der Waals surface area contributed by atoms with Gasteiger partial charge in [0.15, 0.2) is 0 Å². The van der Waals surface area contributed by atoms with Crippen molar-refractivity contribution in [1.82, 2.24) is 44.2 Å². The summed E-state index contributed by atoms with van der Waals surface area (Å²) in [6.45, 7) is 6.31. The summed E-state index contributed by atoms with van der Waals surface area (Å²) < 4.78 is 11.7. The van der Waals surface area contributed by atoms with Crippen LogP contribution in [-0.4, -0.2) is 46.3 Å². The predicted octanol–water partition coefficient (Wildman–Crippen LogP) is 8.82. The summed E-state index contributed by atoms with van der Waals surface area (Å²) >= 11 is 1.43. The van der Waals surface area contributed by atoms with Crippen LogP contribution in [0.4, 0.5) is 0 Å². The van der Waals surface area contributed by atoms with Crippen molar-refractivity contribution < 1.29 is 24.0 Å². The molecule has 0 fully saturated rings. The second kappa shape index (κ2) is 18.7. The number of aryl methyl sites for hydroxylation is 3. The summed E-state index contributed by atoms with van der Waals surface area (Å²) in [6, 6.07) is 57.0. The molecular weight excluding hydrogens is 807 g/mol. The quantitative estimate of drug-likeness (QED) is 0.146. The van der Waals surface area contributed by atoms with Crippen LogP contribution in [0.1, 0.15) is 17.1 Å². The Morgan fingerprint density at radius 1 is 0.542 bits per heavy atom. The molecule has 0 aliphatic rings. The number of thiazole rings is 1. The topological polar surface area (TPSA) is 124 Å². The van der Waals surface area contributed by atoms with Crippen molar-refractivity contribution in [3.05, 3.63) is 197 Å². The van der Waals surface area contributed by atoms with E-state index in [9.17, 15) is 4.79 Å². The number of fused-ring (bicyclic) bond motifs is 1. The van der Waals surface area contributed by atoms with Gasteiger partial charge >= 0.3 is 32.4 Å². The molecule has 10 rings (SSSR count). The number of aromatic nitrogens is 9. The molecule has 286 valence electrons. The van der Waals surface area contributed by atoms with Gasteiger partial charge in [-0.2, -0.15) is 0 Å². The van der Waals surface area contributed by atoms with Gasteiger partial charge in [0.2, 0.25) is 0 Å². The van der Waals surface area contributed by atoms with Crippen molar-refractivity contribution in [1.29, 1.82) is 0 Å². The van der Waals surface area contributed by atoms with Crippen molar-refractivity contribution in [2.75, 3.05) is 0 Å². The van der Waals surface area contributed by atoms with Crippen LogP contribution in [0.3, 0.4) is 0 Å². The van der Waals surface area contributed by atoms with E-state index in [1.807, 2.05) is 115 Å². The molecule has 5 aromatic heterocycles. The minimum Gasteiger partial charge on any atom is -0.422 e. The average molecular weight is 845 g/mol. The minimum absolute atomic E-state index is 0. The molecule has 0 radical (unpaired) electrons. The van der Waals surface area contributed by atoms with Crippen molar-refractivity contribution >= 4 is 28.7 Å². The normalized spacial score (nSPS) is 10.7. The molecular formula is C45H38BN9O2SZn. The summed E-state index contributed by atoms with van der Waals surface area (Å²) in [5.74, 6) is -0.439. The fourth-order valence-electron chi connectivity index (χ4n) is 6.67. The fourth-order valence-corrected chi connectivity index (χ4v) is 7.56. The molecule has 0 N–H and O–H groups in total. The van der Waals surface area contributed by atoms with E-state index in [4.69, 9.17) is 15.3 Å². The van der Waals surface area contributed by atoms with Crippen molar-refractivity contribution in [2.24, 2.45) is 0 Å². The van der Waals surface area contributed by atoms with Gasteiger partial charge in [0, 0.05) is 22.5 Å². The van der Waals surface area contributed by atoms with E-state index >= 15 is 0 Å². The third-order valence-corrected chi connectivity index (χ3v) is 10.5. The van der Waals surface area contributed by atoms with Gasteiger partial charge in [0.25, 0.3) is 0 Å². The molecule has 0 amide bonds. The maximum atomic E-state index is 10.7. The van der Waals surface area contributed by atoms with Crippen LogP contribution in [-0.2, 0) is 19.5 Å². The van der Waals surface area contributed by atoms with E-state index in [0.29, 0.717) is 5.01 Å². The summed E-state index contributed by atoms with van der Waals surface area (Å²) in [5, 5.41) is 19.5. The molecule has 0 unspecified atom stereocenters. The number of rotatable bonds is 7. The van der Waals surface area contributed by atoms with Gasteiger partial charge in [-0.15, -0.1) is 11.3 Å². The largest absolute Gasteiger partial charge is 2.00 e. The fraction of sp³-hybridized carbons (Fsp3) is 0.0667. The molecule has 0 saturated heterocycles. The second-order valence-corrected chi connectivity index (χ2v) is 14.6. The molecule has 0 atom stereocenters.